The van der Waals surface area contributed by atoms with Crippen molar-refractivity contribution in [2.45, 2.75) is 0 Å². The molecule has 0 N–H and O–H groups in total. The second-order valence-corrected chi connectivity index (χ2v) is 13.6. The number of nitriles is 1. The van der Waals surface area contributed by atoms with Gasteiger partial charge in [0.05, 0.1) is 33.3 Å². The normalized spacial score (nSPS) is 11.8. The fourth-order valence-corrected chi connectivity index (χ4v) is 8.44. The predicted octanol–water partition coefficient (Wildman–Crippen LogP) is 13.0. The van der Waals surface area contributed by atoms with Crippen LogP contribution in [0.25, 0.3) is 99.2 Å². The topological polar surface area (TPSA) is 46.8 Å². The molecular weight excluding hydrogens is 647 g/mol. The molecule has 0 aliphatic carbocycles. The largest absolute Gasteiger partial charge is 0.454 e. The molecule has 11 rings (SSSR count). The molecule has 53 heavy (non-hydrogen) atoms. The van der Waals surface area contributed by atoms with Gasteiger partial charge in [-0.05, 0) is 71.8 Å². The van der Waals surface area contributed by atoms with Gasteiger partial charge >= 0.3 is 0 Å². The van der Waals surface area contributed by atoms with E-state index < -0.39 is 0 Å². The summed E-state index contributed by atoms with van der Waals surface area (Å²) in [5.41, 5.74) is 13.2. The molecule has 0 atom stereocenters. The van der Waals surface area contributed by atoms with E-state index in [0.717, 1.165) is 49.9 Å². The Labute approximate surface area is 304 Å². The summed E-state index contributed by atoms with van der Waals surface area (Å²) < 4.78 is 11.3. The molecule has 0 spiro atoms. The highest BCUT2D eigenvalue weighted by molar-refractivity contribution is 6.14. The molecule has 3 aromatic heterocycles. The van der Waals surface area contributed by atoms with E-state index in [1.807, 2.05) is 18.2 Å². The Balaban J connectivity index is 1.11. The summed E-state index contributed by atoms with van der Waals surface area (Å²) in [6, 6.07) is 64.5. The highest BCUT2D eigenvalue weighted by atomic mass is 16.3. The summed E-state index contributed by atoms with van der Waals surface area (Å²) in [4.78, 5) is 0. The Hall–Kier alpha value is -7.35. The van der Waals surface area contributed by atoms with Crippen LogP contribution in [0.4, 0.5) is 0 Å². The molecule has 0 fully saturated rings. The molecule has 0 bridgehead atoms. The SMILES string of the molecule is N#Cc1cccc2c1oc1c(-c3ccccc3-n3c4ccccc4c4cc(-c5ccc6c(c5)c5ccccc5n6-c5ccccc5)ccc43)cccc12. The molecule has 0 radical (unpaired) electrons. The van der Waals surface area contributed by atoms with Crippen molar-refractivity contribution in [1.29, 1.82) is 5.26 Å². The van der Waals surface area contributed by atoms with E-state index in [2.05, 4.69) is 173 Å². The monoisotopic (exact) mass is 675 g/mol. The molecular formula is C49H29N3O. The third kappa shape index (κ3) is 4.29. The van der Waals surface area contributed by atoms with Gasteiger partial charge in [0.2, 0.25) is 0 Å². The van der Waals surface area contributed by atoms with E-state index in [4.69, 9.17) is 4.42 Å². The fraction of sp³-hybridized carbons (Fsp3) is 0. The summed E-state index contributed by atoms with van der Waals surface area (Å²) in [6.45, 7) is 0. The Morgan fingerprint density at radius 2 is 0.925 bits per heavy atom. The lowest BCUT2D eigenvalue weighted by Gasteiger charge is -2.14. The van der Waals surface area contributed by atoms with Crippen molar-refractivity contribution in [1.82, 2.24) is 9.13 Å². The van der Waals surface area contributed by atoms with Crippen LogP contribution in [0.15, 0.2) is 180 Å². The summed E-state index contributed by atoms with van der Waals surface area (Å²) in [6.07, 6.45) is 0. The fourth-order valence-electron chi connectivity index (χ4n) is 8.44. The van der Waals surface area contributed by atoms with Gasteiger partial charge in [-0.15, -0.1) is 0 Å². The van der Waals surface area contributed by atoms with Crippen molar-refractivity contribution in [3.05, 3.63) is 181 Å². The van der Waals surface area contributed by atoms with Gasteiger partial charge in [0.25, 0.3) is 0 Å². The maximum atomic E-state index is 9.83. The average Bonchev–Trinajstić information content (AvgIpc) is 3.88. The van der Waals surface area contributed by atoms with Crippen molar-refractivity contribution in [2.24, 2.45) is 0 Å². The van der Waals surface area contributed by atoms with Gasteiger partial charge in [0.1, 0.15) is 11.7 Å². The molecule has 0 saturated carbocycles. The lowest BCUT2D eigenvalue weighted by molar-refractivity contribution is 0.668. The highest BCUT2D eigenvalue weighted by Gasteiger charge is 2.20. The van der Waals surface area contributed by atoms with Gasteiger partial charge in [0.15, 0.2) is 5.58 Å². The number of benzene rings is 8. The molecule has 4 heteroatoms. The van der Waals surface area contributed by atoms with Gasteiger partial charge in [-0.25, -0.2) is 0 Å². The van der Waals surface area contributed by atoms with Gasteiger partial charge in [-0.2, -0.15) is 5.26 Å². The third-order valence-corrected chi connectivity index (χ3v) is 10.8. The van der Waals surface area contributed by atoms with Crippen molar-refractivity contribution in [3.8, 4) is 39.7 Å². The summed E-state index contributed by atoms with van der Waals surface area (Å²) in [5.74, 6) is 0. The Kier molecular flexibility index (Phi) is 6.28. The van der Waals surface area contributed by atoms with Gasteiger partial charge in [0, 0.05) is 49.1 Å². The van der Waals surface area contributed by atoms with Gasteiger partial charge < -0.3 is 13.6 Å². The van der Waals surface area contributed by atoms with Crippen molar-refractivity contribution >= 4 is 65.6 Å². The number of hydrogen-bond donors (Lipinski definition) is 0. The van der Waals surface area contributed by atoms with Crippen LogP contribution in [0.1, 0.15) is 5.56 Å². The first-order valence-corrected chi connectivity index (χ1v) is 17.8. The predicted molar refractivity (Wildman–Crippen MR) is 218 cm³/mol. The lowest BCUT2D eigenvalue weighted by Crippen LogP contribution is -1.97. The van der Waals surface area contributed by atoms with Crippen LogP contribution in [-0.4, -0.2) is 9.13 Å². The quantitative estimate of drug-likeness (QED) is 0.186. The molecule has 4 nitrogen and oxygen atoms in total. The Bertz CT molecular complexity index is 3300. The van der Waals surface area contributed by atoms with Crippen molar-refractivity contribution in [2.75, 3.05) is 0 Å². The van der Waals surface area contributed by atoms with Crippen LogP contribution in [0, 0.1) is 11.3 Å². The molecule has 0 aliphatic heterocycles. The lowest BCUT2D eigenvalue weighted by atomic mass is 9.99. The molecule has 11 aromatic rings. The zero-order chi connectivity index (χ0) is 35.0. The van der Waals surface area contributed by atoms with E-state index in [1.54, 1.807) is 0 Å². The number of furan rings is 1. The minimum atomic E-state index is 0.539. The van der Waals surface area contributed by atoms with Crippen molar-refractivity contribution < 1.29 is 4.42 Å². The smallest absolute Gasteiger partial charge is 0.153 e. The summed E-state index contributed by atoms with van der Waals surface area (Å²) >= 11 is 0. The van der Waals surface area contributed by atoms with E-state index >= 15 is 0 Å². The number of hydrogen-bond acceptors (Lipinski definition) is 2. The highest BCUT2D eigenvalue weighted by Crippen LogP contribution is 2.42. The minimum absolute atomic E-state index is 0.539. The number of aromatic nitrogens is 2. The molecule has 0 saturated heterocycles. The zero-order valence-electron chi connectivity index (χ0n) is 28.5. The number of fused-ring (bicyclic) bond motifs is 9. The van der Waals surface area contributed by atoms with Crippen LogP contribution >= 0.6 is 0 Å². The zero-order valence-corrected chi connectivity index (χ0v) is 28.5. The summed E-state index contributed by atoms with van der Waals surface area (Å²) in [5, 5.41) is 16.6. The standard InChI is InChI=1S/C49H29N3O/c50-30-33-12-10-18-39-40-20-11-19-38(49(40)53-48(33)39)35-15-4-8-22-44(35)52-45-23-9-6-17-37(45)42-29-32(25-27-47(42)52)31-24-26-46-41(28-31)36-16-5-7-21-43(36)51(46)34-13-2-1-3-14-34/h1-29H. The minimum Gasteiger partial charge on any atom is -0.454 e. The number of para-hydroxylation sites is 6. The van der Waals surface area contributed by atoms with Gasteiger partial charge in [-0.3, -0.25) is 0 Å². The van der Waals surface area contributed by atoms with Crippen molar-refractivity contribution in [3.63, 3.8) is 0 Å². The molecule has 3 heterocycles. The summed E-state index contributed by atoms with van der Waals surface area (Å²) in [7, 11) is 0. The first-order chi connectivity index (χ1) is 26.3. The van der Waals surface area contributed by atoms with E-state index in [0.29, 0.717) is 11.1 Å². The molecule has 0 amide bonds. The number of nitrogens with zero attached hydrogens (tertiary/aromatic N) is 3. The third-order valence-electron chi connectivity index (χ3n) is 10.8. The Morgan fingerprint density at radius 1 is 0.396 bits per heavy atom. The second-order valence-electron chi connectivity index (χ2n) is 13.6. The van der Waals surface area contributed by atoms with Crippen LogP contribution in [0.2, 0.25) is 0 Å². The maximum absolute atomic E-state index is 9.83. The molecule has 0 unspecified atom stereocenters. The van der Waals surface area contributed by atoms with E-state index in [-0.39, 0.29) is 0 Å². The maximum Gasteiger partial charge on any atom is 0.153 e. The number of rotatable bonds is 4. The van der Waals surface area contributed by atoms with Crippen LogP contribution in [0.3, 0.4) is 0 Å². The van der Waals surface area contributed by atoms with E-state index in [1.165, 1.54) is 43.7 Å². The molecule has 246 valence electrons. The van der Waals surface area contributed by atoms with Crippen LogP contribution < -0.4 is 0 Å². The van der Waals surface area contributed by atoms with Crippen LogP contribution in [0.5, 0.6) is 0 Å². The van der Waals surface area contributed by atoms with Crippen LogP contribution in [-0.2, 0) is 0 Å². The first kappa shape index (κ1) is 29.4. The molecule has 0 aliphatic rings. The van der Waals surface area contributed by atoms with Gasteiger partial charge in [-0.1, -0.05) is 115 Å². The molecule has 8 aromatic carbocycles. The second kappa shape index (κ2) is 11.3. The van der Waals surface area contributed by atoms with E-state index in [9.17, 15) is 5.26 Å². The Morgan fingerprint density at radius 3 is 1.64 bits per heavy atom. The average molecular weight is 676 g/mol. The first-order valence-electron chi connectivity index (χ1n) is 17.8.